The molecule has 0 unspecified atom stereocenters. The Balaban J connectivity index is 1.61. The fourth-order valence-corrected chi connectivity index (χ4v) is 3.20. The number of amides is 2. The number of nitrogens with zero attached hydrogens (tertiary/aromatic N) is 2. The molecular formula is C24H30N2O4. The number of ether oxygens (including phenoxy) is 2. The van der Waals surface area contributed by atoms with Gasteiger partial charge < -0.3 is 19.3 Å². The molecule has 0 atom stereocenters. The average molecular weight is 411 g/mol. The van der Waals surface area contributed by atoms with E-state index in [0.29, 0.717) is 24.6 Å². The van der Waals surface area contributed by atoms with Crippen molar-refractivity contribution in [3.63, 3.8) is 0 Å². The minimum atomic E-state index is -0.113. The highest BCUT2D eigenvalue weighted by Gasteiger charge is 2.31. The number of hydrogen-bond donors (Lipinski definition) is 0. The van der Waals surface area contributed by atoms with E-state index in [1.807, 2.05) is 48.5 Å². The molecule has 6 nitrogen and oxygen atoms in total. The number of hydrogen-bond acceptors (Lipinski definition) is 4. The van der Waals surface area contributed by atoms with Crippen LogP contribution in [0.15, 0.2) is 48.5 Å². The molecule has 2 amide bonds. The van der Waals surface area contributed by atoms with Crippen molar-refractivity contribution in [1.82, 2.24) is 0 Å². The highest BCUT2D eigenvalue weighted by molar-refractivity contribution is 6.12. The van der Waals surface area contributed by atoms with Crippen molar-refractivity contribution < 1.29 is 19.1 Å². The van der Waals surface area contributed by atoms with Gasteiger partial charge in [0.2, 0.25) is 11.8 Å². The van der Waals surface area contributed by atoms with Gasteiger partial charge in [-0.15, -0.1) is 0 Å². The predicted molar refractivity (Wildman–Crippen MR) is 118 cm³/mol. The third-order valence-electron chi connectivity index (χ3n) is 5.02. The summed E-state index contributed by atoms with van der Waals surface area (Å²) in [6.07, 6.45) is 4.16. The topological polar surface area (TPSA) is 59.1 Å². The van der Waals surface area contributed by atoms with Crippen molar-refractivity contribution >= 4 is 23.2 Å². The molecule has 6 heteroatoms. The van der Waals surface area contributed by atoms with E-state index in [4.69, 9.17) is 9.47 Å². The highest BCUT2D eigenvalue weighted by Crippen LogP contribution is 2.25. The zero-order chi connectivity index (χ0) is 21.3. The molecule has 30 heavy (non-hydrogen) atoms. The van der Waals surface area contributed by atoms with E-state index in [0.717, 1.165) is 37.2 Å². The molecule has 1 aliphatic heterocycles. The van der Waals surface area contributed by atoms with Gasteiger partial charge in [0.1, 0.15) is 24.6 Å². The Kier molecular flexibility index (Phi) is 7.71. The van der Waals surface area contributed by atoms with E-state index in [1.54, 1.807) is 0 Å². The Hall–Kier alpha value is -3.02. The van der Waals surface area contributed by atoms with Crippen molar-refractivity contribution in [2.75, 3.05) is 36.1 Å². The maximum Gasteiger partial charge on any atom is 0.247 e. The van der Waals surface area contributed by atoms with Gasteiger partial charge in [-0.05, 0) is 61.4 Å². The second kappa shape index (κ2) is 10.7. The van der Waals surface area contributed by atoms with Crippen LogP contribution in [-0.2, 0) is 9.59 Å². The van der Waals surface area contributed by atoms with E-state index < -0.39 is 0 Å². The smallest absolute Gasteiger partial charge is 0.247 e. The third-order valence-corrected chi connectivity index (χ3v) is 5.02. The van der Waals surface area contributed by atoms with Gasteiger partial charge in [0, 0.05) is 11.4 Å². The minimum absolute atomic E-state index is 0.0175. The fourth-order valence-electron chi connectivity index (χ4n) is 3.20. The van der Waals surface area contributed by atoms with Gasteiger partial charge in [-0.25, -0.2) is 0 Å². The molecule has 0 N–H and O–H groups in total. The average Bonchev–Trinajstić information content (AvgIpc) is 2.77. The van der Waals surface area contributed by atoms with E-state index in [1.165, 1.54) is 9.80 Å². The molecule has 1 saturated heterocycles. The van der Waals surface area contributed by atoms with Crippen LogP contribution in [0, 0.1) is 0 Å². The van der Waals surface area contributed by atoms with Gasteiger partial charge in [0.25, 0.3) is 0 Å². The Morgan fingerprint density at radius 1 is 0.667 bits per heavy atom. The van der Waals surface area contributed by atoms with Crippen LogP contribution in [-0.4, -0.2) is 38.1 Å². The summed E-state index contributed by atoms with van der Waals surface area (Å²) in [5.74, 6) is 1.31. The molecule has 0 aliphatic carbocycles. The molecule has 0 aromatic heterocycles. The highest BCUT2D eigenvalue weighted by atomic mass is 16.5. The Labute approximate surface area is 178 Å². The lowest BCUT2D eigenvalue weighted by Gasteiger charge is -2.34. The van der Waals surface area contributed by atoms with Crippen molar-refractivity contribution in [3.05, 3.63) is 48.5 Å². The van der Waals surface area contributed by atoms with Crippen LogP contribution in [0.4, 0.5) is 11.4 Å². The Morgan fingerprint density at radius 2 is 1.03 bits per heavy atom. The molecule has 0 radical (unpaired) electrons. The molecule has 2 aromatic carbocycles. The zero-order valence-electron chi connectivity index (χ0n) is 17.8. The van der Waals surface area contributed by atoms with E-state index in [9.17, 15) is 9.59 Å². The van der Waals surface area contributed by atoms with E-state index in [2.05, 4.69) is 13.8 Å². The third kappa shape index (κ3) is 5.53. The van der Waals surface area contributed by atoms with Crippen LogP contribution in [0.5, 0.6) is 11.5 Å². The maximum atomic E-state index is 12.7. The lowest BCUT2D eigenvalue weighted by molar-refractivity contribution is -0.125. The first-order chi connectivity index (χ1) is 14.6. The normalized spacial score (nSPS) is 14.2. The van der Waals surface area contributed by atoms with Gasteiger partial charge in [-0.3, -0.25) is 9.59 Å². The predicted octanol–water partition coefficient (Wildman–Crippen LogP) is 4.42. The van der Waals surface area contributed by atoms with Crippen molar-refractivity contribution in [2.45, 2.75) is 39.5 Å². The minimum Gasteiger partial charge on any atom is -0.494 e. The lowest BCUT2D eigenvalue weighted by Crippen LogP contribution is -2.54. The van der Waals surface area contributed by atoms with Crippen molar-refractivity contribution in [3.8, 4) is 11.5 Å². The van der Waals surface area contributed by atoms with Crippen LogP contribution in [0.1, 0.15) is 39.5 Å². The first kappa shape index (κ1) is 21.7. The summed E-state index contributed by atoms with van der Waals surface area (Å²) in [7, 11) is 0. The van der Waals surface area contributed by atoms with Crippen molar-refractivity contribution in [2.24, 2.45) is 0 Å². The summed E-state index contributed by atoms with van der Waals surface area (Å²) in [6.45, 7) is 5.62. The van der Waals surface area contributed by atoms with E-state index in [-0.39, 0.29) is 24.9 Å². The largest absolute Gasteiger partial charge is 0.494 e. The number of unbranched alkanes of at least 4 members (excludes halogenated alkanes) is 2. The summed E-state index contributed by atoms with van der Waals surface area (Å²) in [5.41, 5.74) is 1.41. The number of anilines is 2. The SMILES string of the molecule is CCCCOc1ccc(N2CC(=O)N(c3ccc(OCCCC)cc3)CC2=O)cc1. The maximum absolute atomic E-state index is 12.7. The van der Waals surface area contributed by atoms with Crippen molar-refractivity contribution in [1.29, 1.82) is 0 Å². The molecule has 1 fully saturated rings. The second-order valence-electron chi connectivity index (χ2n) is 7.35. The van der Waals surface area contributed by atoms with Crippen LogP contribution >= 0.6 is 0 Å². The molecule has 0 spiro atoms. The molecule has 3 rings (SSSR count). The lowest BCUT2D eigenvalue weighted by atomic mass is 10.2. The first-order valence-electron chi connectivity index (χ1n) is 10.7. The summed E-state index contributed by atoms with van der Waals surface area (Å²) in [6, 6.07) is 14.7. The standard InChI is InChI=1S/C24H30N2O4/c1-3-5-15-29-21-11-7-19(8-12-21)25-17-24(28)26(18-23(25)27)20-9-13-22(14-10-20)30-16-6-4-2/h7-14H,3-6,15-18H2,1-2H3. The quantitative estimate of drug-likeness (QED) is 0.544. The number of carbonyl (C=O) groups is 2. The Morgan fingerprint density at radius 3 is 1.37 bits per heavy atom. The molecule has 1 aliphatic rings. The van der Waals surface area contributed by atoms with Gasteiger partial charge in [-0.2, -0.15) is 0 Å². The summed E-state index contributed by atoms with van der Waals surface area (Å²) in [5, 5.41) is 0. The summed E-state index contributed by atoms with van der Waals surface area (Å²) < 4.78 is 11.3. The fraction of sp³-hybridized carbons (Fsp3) is 0.417. The van der Waals surface area contributed by atoms with Crippen LogP contribution in [0.3, 0.4) is 0 Å². The summed E-state index contributed by atoms with van der Waals surface area (Å²) in [4.78, 5) is 28.5. The monoisotopic (exact) mass is 410 g/mol. The van der Waals surface area contributed by atoms with Gasteiger partial charge in [-0.1, -0.05) is 26.7 Å². The number of rotatable bonds is 10. The van der Waals surface area contributed by atoms with Gasteiger partial charge >= 0.3 is 0 Å². The molecule has 0 saturated carbocycles. The molecular weight excluding hydrogens is 380 g/mol. The van der Waals surface area contributed by atoms with Crippen LogP contribution in [0.2, 0.25) is 0 Å². The first-order valence-corrected chi connectivity index (χ1v) is 10.7. The number of piperazine rings is 1. The molecule has 160 valence electrons. The number of benzene rings is 2. The van der Waals surface area contributed by atoms with Gasteiger partial charge in [0.05, 0.1) is 13.2 Å². The number of carbonyl (C=O) groups excluding carboxylic acids is 2. The summed E-state index contributed by atoms with van der Waals surface area (Å²) >= 11 is 0. The molecule has 0 bridgehead atoms. The van der Waals surface area contributed by atoms with Crippen LogP contribution in [0.25, 0.3) is 0 Å². The second-order valence-corrected chi connectivity index (χ2v) is 7.35. The van der Waals surface area contributed by atoms with Crippen LogP contribution < -0.4 is 19.3 Å². The Bertz CT molecular complexity index is 762. The van der Waals surface area contributed by atoms with E-state index >= 15 is 0 Å². The zero-order valence-corrected chi connectivity index (χ0v) is 17.8. The molecule has 1 heterocycles. The molecule has 2 aromatic rings. The van der Waals surface area contributed by atoms with Gasteiger partial charge in [0.15, 0.2) is 0 Å².